The van der Waals surface area contributed by atoms with Crippen molar-refractivity contribution in [3.8, 4) is 5.88 Å². The molecule has 2 aromatic heterocycles. The normalized spacial score (nSPS) is 10.2. The average Bonchev–Trinajstić information content (AvgIpc) is 2.65. The Balaban J connectivity index is 2.11. The summed E-state index contributed by atoms with van der Waals surface area (Å²) in [4.78, 5) is 0. The lowest BCUT2D eigenvalue weighted by Crippen LogP contribution is -2.04. The molecule has 0 saturated carbocycles. The van der Waals surface area contributed by atoms with Gasteiger partial charge in [-0.05, 0) is 12.1 Å². The molecule has 0 radical (unpaired) electrons. The summed E-state index contributed by atoms with van der Waals surface area (Å²) in [6.07, 6.45) is 1.79. The van der Waals surface area contributed by atoms with Gasteiger partial charge in [0.15, 0.2) is 0 Å². The Hall–Kier alpha value is -2.11. The van der Waals surface area contributed by atoms with E-state index in [-0.39, 0.29) is 0 Å². The van der Waals surface area contributed by atoms with E-state index in [9.17, 15) is 0 Å². The summed E-state index contributed by atoms with van der Waals surface area (Å²) in [7, 11) is 1.55. The van der Waals surface area contributed by atoms with Gasteiger partial charge < -0.3 is 10.5 Å². The molecular formula is C9H11N5O. The van der Waals surface area contributed by atoms with E-state index >= 15 is 0 Å². The number of anilines is 1. The molecule has 2 N–H and O–H groups in total. The van der Waals surface area contributed by atoms with Crippen LogP contribution >= 0.6 is 0 Å². The van der Waals surface area contributed by atoms with Gasteiger partial charge in [0.1, 0.15) is 5.82 Å². The minimum Gasteiger partial charge on any atom is -0.480 e. The van der Waals surface area contributed by atoms with Gasteiger partial charge in [-0.2, -0.15) is 5.10 Å². The molecule has 0 aliphatic carbocycles. The first kappa shape index (κ1) is 9.45. The summed E-state index contributed by atoms with van der Waals surface area (Å²) in [5, 5.41) is 11.9. The topological polar surface area (TPSA) is 78.9 Å². The van der Waals surface area contributed by atoms with Crippen LogP contribution in [0.4, 0.5) is 5.82 Å². The molecule has 2 rings (SSSR count). The molecule has 0 amide bonds. The molecule has 6 heteroatoms. The van der Waals surface area contributed by atoms with Crippen LogP contribution in [0.2, 0.25) is 0 Å². The van der Waals surface area contributed by atoms with E-state index in [1.54, 1.807) is 30.1 Å². The zero-order valence-electron chi connectivity index (χ0n) is 8.29. The van der Waals surface area contributed by atoms with Gasteiger partial charge >= 0.3 is 0 Å². The first-order chi connectivity index (χ1) is 7.28. The second-order valence-corrected chi connectivity index (χ2v) is 3.01. The highest BCUT2D eigenvalue weighted by atomic mass is 16.5. The standard InChI is InChI=1S/C9H11N5O/c1-15-9-3-2-7(11-12-9)6-14-5-4-8(10)13-14/h2-5H,6H2,1H3,(H2,10,13). The Kier molecular flexibility index (Phi) is 2.49. The van der Waals surface area contributed by atoms with Crippen LogP contribution in [0.25, 0.3) is 0 Å². The predicted molar refractivity (Wildman–Crippen MR) is 54.3 cm³/mol. The Bertz CT molecular complexity index is 436. The van der Waals surface area contributed by atoms with Gasteiger partial charge in [0.25, 0.3) is 0 Å². The van der Waals surface area contributed by atoms with Crippen molar-refractivity contribution in [1.29, 1.82) is 0 Å². The zero-order valence-corrected chi connectivity index (χ0v) is 8.29. The van der Waals surface area contributed by atoms with Gasteiger partial charge in [0.2, 0.25) is 5.88 Å². The second kappa shape index (κ2) is 3.95. The van der Waals surface area contributed by atoms with Crippen molar-refractivity contribution in [1.82, 2.24) is 20.0 Å². The maximum absolute atomic E-state index is 5.49. The first-order valence-corrected chi connectivity index (χ1v) is 4.43. The third-order valence-electron chi connectivity index (χ3n) is 1.89. The maximum Gasteiger partial charge on any atom is 0.233 e. The second-order valence-electron chi connectivity index (χ2n) is 3.01. The van der Waals surface area contributed by atoms with Crippen LogP contribution < -0.4 is 10.5 Å². The smallest absolute Gasteiger partial charge is 0.233 e. The van der Waals surface area contributed by atoms with E-state index in [4.69, 9.17) is 10.5 Å². The summed E-state index contributed by atoms with van der Waals surface area (Å²) in [5.74, 6) is 0.996. The van der Waals surface area contributed by atoms with Crippen molar-refractivity contribution in [3.05, 3.63) is 30.1 Å². The fraction of sp³-hybridized carbons (Fsp3) is 0.222. The van der Waals surface area contributed by atoms with Gasteiger partial charge in [0.05, 0.1) is 19.3 Å². The van der Waals surface area contributed by atoms with Crippen molar-refractivity contribution in [2.45, 2.75) is 6.54 Å². The minimum atomic E-state index is 0.497. The summed E-state index contributed by atoms with van der Waals surface area (Å²) in [5.41, 5.74) is 6.29. The zero-order chi connectivity index (χ0) is 10.7. The number of nitrogens with two attached hydrogens (primary N) is 1. The van der Waals surface area contributed by atoms with Crippen molar-refractivity contribution < 1.29 is 4.74 Å². The van der Waals surface area contributed by atoms with Crippen LogP contribution in [-0.2, 0) is 6.54 Å². The highest BCUT2D eigenvalue weighted by molar-refractivity contribution is 5.24. The van der Waals surface area contributed by atoms with E-state index < -0.39 is 0 Å². The fourth-order valence-corrected chi connectivity index (χ4v) is 1.17. The van der Waals surface area contributed by atoms with Crippen molar-refractivity contribution >= 4 is 5.82 Å². The summed E-state index contributed by atoms with van der Waals surface area (Å²) >= 11 is 0. The van der Waals surface area contributed by atoms with Gasteiger partial charge in [-0.15, -0.1) is 10.2 Å². The van der Waals surface area contributed by atoms with E-state index in [0.717, 1.165) is 5.69 Å². The van der Waals surface area contributed by atoms with Crippen LogP contribution in [0.3, 0.4) is 0 Å². The first-order valence-electron chi connectivity index (χ1n) is 4.43. The van der Waals surface area contributed by atoms with E-state index in [0.29, 0.717) is 18.2 Å². The number of ether oxygens (including phenoxy) is 1. The van der Waals surface area contributed by atoms with Crippen LogP contribution in [0.5, 0.6) is 5.88 Å². The molecule has 0 aliphatic rings. The molecule has 0 saturated heterocycles. The summed E-state index contributed by atoms with van der Waals surface area (Å²) in [6.45, 7) is 0.550. The van der Waals surface area contributed by atoms with E-state index in [1.807, 2.05) is 6.07 Å². The summed E-state index contributed by atoms with van der Waals surface area (Å²) < 4.78 is 6.61. The molecule has 0 bridgehead atoms. The summed E-state index contributed by atoms with van der Waals surface area (Å²) in [6, 6.07) is 5.33. The number of nitrogen functional groups attached to an aromatic ring is 1. The lowest BCUT2D eigenvalue weighted by molar-refractivity contribution is 0.390. The number of hydrogen-bond acceptors (Lipinski definition) is 5. The van der Waals surface area contributed by atoms with Gasteiger partial charge in [-0.25, -0.2) is 0 Å². The molecule has 15 heavy (non-hydrogen) atoms. The molecule has 6 nitrogen and oxygen atoms in total. The van der Waals surface area contributed by atoms with Crippen LogP contribution in [0.15, 0.2) is 24.4 Å². The molecule has 0 aromatic carbocycles. The lowest BCUT2D eigenvalue weighted by atomic mass is 10.4. The maximum atomic E-state index is 5.49. The number of hydrogen-bond donors (Lipinski definition) is 1. The Morgan fingerprint density at radius 3 is 2.73 bits per heavy atom. The molecule has 0 atom stereocenters. The largest absolute Gasteiger partial charge is 0.480 e. The number of rotatable bonds is 3. The van der Waals surface area contributed by atoms with Crippen molar-refractivity contribution in [2.75, 3.05) is 12.8 Å². The van der Waals surface area contributed by atoms with Gasteiger partial charge in [-0.1, -0.05) is 0 Å². The van der Waals surface area contributed by atoms with Crippen LogP contribution in [-0.4, -0.2) is 27.1 Å². The lowest BCUT2D eigenvalue weighted by Gasteiger charge is -2.01. The SMILES string of the molecule is COc1ccc(Cn2ccc(N)n2)nn1. The Morgan fingerprint density at radius 2 is 2.20 bits per heavy atom. The molecule has 0 unspecified atom stereocenters. The highest BCUT2D eigenvalue weighted by Crippen LogP contribution is 2.05. The number of nitrogens with zero attached hydrogens (tertiary/aromatic N) is 4. The molecular weight excluding hydrogens is 194 g/mol. The van der Waals surface area contributed by atoms with Gasteiger partial charge in [0, 0.05) is 12.3 Å². The molecule has 2 aromatic rings. The average molecular weight is 205 g/mol. The fourth-order valence-electron chi connectivity index (χ4n) is 1.17. The third-order valence-corrected chi connectivity index (χ3v) is 1.89. The number of aromatic nitrogens is 4. The van der Waals surface area contributed by atoms with Crippen molar-refractivity contribution in [3.63, 3.8) is 0 Å². The Morgan fingerprint density at radius 1 is 1.33 bits per heavy atom. The molecule has 0 spiro atoms. The predicted octanol–water partition coefficient (Wildman–Crippen LogP) is 0.312. The Labute approximate surface area is 86.7 Å². The monoisotopic (exact) mass is 205 g/mol. The highest BCUT2D eigenvalue weighted by Gasteiger charge is 2.00. The number of methoxy groups -OCH3 is 1. The van der Waals surface area contributed by atoms with Gasteiger partial charge in [-0.3, -0.25) is 4.68 Å². The van der Waals surface area contributed by atoms with E-state index in [1.165, 1.54) is 0 Å². The van der Waals surface area contributed by atoms with Crippen LogP contribution in [0.1, 0.15) is 5.69 Å². The van der Waals surface area contributed by atoms with E-state index in [2.05, 4.69) is 15.3 Å². The minimum absolute atomic E-state index is 0.497. The van der Waals surface area contributed by atoms with Crippen molar-refractivity contribution in [2.24, 2.45) is 0 Å². The molecule has 2 heterocycles. The molecule has 0 aliphatic heterocycles. The molecule has 78 valence electrons. The third kappa shape index (κ3) is 2.22. The van der Waals surface area contributed by atoms with Crippen LogP contribution in [0, 0.1) is 0 Å². The molecule has 0 fully saturated rings. The quantitative estimate of drug-likeness (QED) is 0.780.